The van der Waals surface area contributed by atoms with Crippen LogP contribution in [0.25, 0.3) is 0 Å². The van der Waals surface area contributed by atoms with Gasteiger partial charge in [-0.15, -0.1) is 0 Å². The number of benzene rings is 1. The summed E-state index contributed by atoms with van der Waals surface area (Å²) in [6, 6.07) is 5.46. The molecular weight excluding hydrogens is 308 g/mol. The molecule has 0 fully saturated rings. The number of hydrogen-bond donors (Lipinski definition) is 0. The molecule has 1 aromatic rings. The Morgan fingerprint density at radius 3 is 2.63 bits per heavy atom. The van der Waals surface area contributed by atoms with Crippen LogP contribution in [-0.2, 0) is 4.74 Å². The van der Waals surface area contributed by atoms with Gasteiger partial charge in [0.05, 0.1) is 11.1 Å². The lowest BCUT2D eigenvalue weighted by molar-refractivity contribution is 0.0975. The first kappa shape index (κ1) is 16.2. The monoisotopic (exact) mass is 328 g/mol. The second-order valence-corrected chi connectivity index (χ2v) is 5.70. The van der Waals surface area contributed by atoms with E-state index in [-0.39, 0.29) is 5.78 Å². The molecule has 4 heteroatoms. The molecule has 0 aliphatic heterocycles. The Balaban J connectivity index is 2.62. The smallest absolute Gasteiger partial charge is 0.162 e. The van der Waals surface area contributed by atoms with Gasteiger partial charge >= 0.3 is 0 Å². The van der Waals surface area contributed by atoms with Crippen LogP contribution >= 0.6 is 15.9 Å². The fourth-order valence-electron chi connectivity index (χ4n) is 1.59. The van der Waals surface area contributed by atoms with Gasteiger partial charge < -0.3 is 9.47 Å². The van der Waals surface area contributed by atoms with E-state index in [0.717, 1.165) is 22.2 Å². The van der Waals surface area contributed by atoms with Gasteiger partial charge in [-0.1, -0.05) is 13.8 Å². The van der Waals surface area contributed by atoms with Crippen LogP contribution < -0.4 is 4.74 Å². The number of methoxy groups -OCH3 is 1. The number of rotatable bonds is 8. The molecule has 0 heterocycles. The van der Waals surface area contributed by atoms with Gasteiger partial charge in [0, 0.05) is 19.1 Å². The summed E-state index contributed by atoms with van der Waals surface area (Å²) in [4.78, 5) is 12.0. The third kappa shape index (κ3) is 5.74. The molecule has 0 saturated carbocycles. The molecule has 0 amide bonds. The van der Waals surface area contributed by atoms with Crippen LogP contribution in [-0.4, -0.2) is 26.1 Å². The molecular formula is C15H21BrO3. The highest BCUT2D eigenvalue weighted by Gasteiger charge is 2.10. The predicted molar refractivity (Wildman–Crippen MR) is 79.9 cm³/mol. The first-order valence-corrected chi connectivity index (χ1v) is 7.28. The fraction of sp³-hybridized carbons (Fsp3) is 0.533. The first-order chi connectivity index (χ1) is 9.04. The van der Waals surface area contributed by atoms with Gasteiger partial charge in [-0.2, -0.15) is 0 Å². The molecule has 0 aliphatic carbocycles. The van der Waals surface area contributed by atoms with E-state index in [0.29, 0.717) is 25.6 Å². The molecule has 106 valence electrons. The van der Waals surface area contributed by atoms with Crippen molar-refractivity contribution in [1.29, 1.82) is 0 Å². The van der Waals surface area contributed by atoms with Crippen molar-refractivity contribution in [2.24, 2.45) is 5.92 Å². The molecule has 0 aliphatic rings. The van der Waals surface area contributed by atoms with Crippen LogP contribution in [0, 0.1) is 5.92 Å². The second kappa shape index (κ2) is 8.33. The van der Waals surface area contributed by atoms with Gasteiger partial charge in [-0.25, -0.2) is 0 Å². The number of ketones is 1. The van der Waals surface area contributed by atoms with Crippen LogP contribution in [0.4, 0.5) is 0 Å². The van der Waals surface area contributed by atoms with Gasteiger partial charge in [0.15, 0.2) is 5.78 Å². The number of ether oxygens (including phenoxy) is 2. The van der Waals surface area contributed by atoms with Crippen LogP contribution in [0.1, 0.15) is 37.0 Å². The van der Waals surface area contributed by atoms with Gasteiger partial charge in [0.25, 0.3) is 0 Å². The van der Waals surface area contributed by atoms with Crippen LogP contribution in [0.15, 0.2) is 22.7 Å². The topological polar surface area (TPSA) is 35.5 Å². The van der Waals surface area contributed by atoms with Crippen LogP contribution in [0.3, 0.4) is 0 Å². The molecule has 0 saturated heterocycles. The van der Waals surface area contributed by atoms with E-state index in [4.69, 9.17) is 9.47 Å². The maximum absolute atomic E-state index is 12.0. The van der Waals surface area contributed by atoms with Crippen molar-refractivity contribution in [3.8, 4) is 5.75 Å². The Morgan fingerprint density at radius 2 is 2.05 bits per heavy atom. The molecule has 0 aromatic heterocycles. The molecule has 19 heavy (non-hydrogen) atoms. The minimum Gasteiger partial charge on any atom is -0.490 e. The zero-order valence-electron chi connectivity index (χ0n) is 11.7. The van der Waals surface area contributed by atoms with Crippen molar-refractivity contribution >= 4 is 21.7 Å². The number of carbonyl (C=O) groups excluding carboxylic acids is 1. The number of Topliss-reactive ketones (excluding diaryl/α,β-unsaturated/α-hetero) is 1. The summed E-state index contributed by atoms with van der Waals surface area (Å²) < 4.78 is 11.3. The maximum atomic E-state index is 12.0. The zero-order valence-corrected chi connectivity index (χ0v) is 13.3. The molecule has 0 unspecified atom stereocenters. The van der Waals surface area contributed by atoms with Gasteiger partial charge in [-0.3, -0.25) is 4.79 Å². The van der Waals surface area contributed by atoms with Crippen molar-refractivity contribution < 1.29 is 14.3 Å². The minimum absolute atomic E-state index is 0.179. The first-order valence-electron chi connectivity index (χ1n) is 6.49. The SMILES string of the molecule is COCCOc1ccc(C(=O)CCC(C)C)cc1Br. The summed E-state index contributed by atoms with van der Waals surface area (Å²) in [7, 11) is 1.63. The minimum atomic E-state index is 0.179. The third-order valence-corrected chi connectivity index (χ3v) is 3.37. The Bertz CT molecular complexity index is 416. The summed E-state index contributed by atoms with van der Waals surface area (Å²) in [5.41, 5.74) is 0.728. The van der Waals surface area contributed by atoms with Crippen molar-refractivity contribution in [2.45, 2.75) is 26.7 Å². The van der Waals surface area contributed by atoms with E-state index < -0.39 is 0 Å². The average Bonchev–Trinajstić information content (AvgIpc) is 2.38. The summed E-state index contributed by atoms with van der Waals surface area (Å²) >= 11 is 3.43. The van der Waals surface area contributed by atoms with E-state index in [2.05, 4.69) is 29.8 Å². The van der Waals surface area contributed by atoms with Crippen molar-refractivity contribution in [1.82, 2.24) is 0 Å². The highest BCUT2D eigenvalue weighted by molar-refractivity contribution is 9.10. The van der Waals surface area contributed by atoms with E-state index in [1.807, 2.05) is 18.2 Å². The normalized spacial score (nSPS) is 10.8. The van der Waals surface area contributed by atoms with Crippen molar-refractivity contribution in [3.05, 3.63) is 28.2 Å². The van der Waals surface area contributed by atoms with Crippen LogP contribution in [0.5, 0.6) is 5.75 Å². The maximum Gasteiger partial charge on any atom is 0.162 e. The summed E-state index contributed by atoms with van der Waals surface area (Å²) in [5.74, 6) is 1.46. The molecule has 0 N–H and O–H groups in total. The summed E-state index contributed by atoms with van der Waals surface area (Å²) in [5, 5.41) is 0. The Kier molecular flexibility index (Phi) is 7.10. The molecule has 1 rings (SSSR count). The van der Waals surface area contributed by atoms with Crippen LogP contribution in [0.2, 0.25) is 0 Å². The standard InChI is InChI=1S/C15H21BrO3/c1-11(2)4-6-14(17)12-5-7-15(13(16)10-12)19-9-8-18-3/h5,7,10-11H,4,6,8-9H2,1-3H3. The van der Waals surface area contributed by atoms with Gasteiger partial charge in [-0.05, 0) is 46.5 Å². The molecule has 0 radical (unpaired) electrons. The van der Waals surface area contributed by atoms with E-state index in [1.165, 1.54) is 0 Å². The quantitative estimate of drug-likeness (QED) is 0.532. The lowest BCUT2D eigenvalue weighted by Gasteiger charge is -2.09. The van der Waals surface area contributed by atoms with Crippen molar-refractivity contribution in [3.63, 3.8) is 0 Å². The lowest BCUT2D eigenvalue weighted by atomic mass is 10.0. The Labute approximate surface area is 123 Å². The second-order valence-electron chi connectivity index (χ2n) is 4.84. The highest BCUT2D eigenvalue weighted by atomic mass is 79.9. The van der Waals surface area contributed by atoms with E-state index in [1.54, 1.807) is 7.11 Å². The van der Waals surface area contributed by atoms with E-state index >= 15 is 0 Å². The number of hydrogen-bond acceptors (Lipinski definition) is 3. The van der Waals surface area contributed by atoms with Crippen molar-refractivity contribution in [2.75, 3.05) is 20.3 Å². The van der Waals surface area contributed by atoms with E-state index in [9.17, 15) is 4.79 Å². The molecule has 0 spiro atoms. The fourth-order valence-corrected chi connectivity index (χ4v) is 2.08. The Hall–Kier alpha value is -0.870. The average molecular weight is 329 g/mol. The van der Waals surface area contributed by atoms with Gasteiger partial charge in [0.1, 0.15) is 12.4 Å². The lowest BCUT2D eigenvalue weighted by Crippen LogP contribution is -2.06. The predicted octanol–water partition coefficient (Wildman–Crippen LogP) is 4.09. The largest absolute Gasteiger partial charge is 0.490 e. The molecule has 1 aromatic carbocycles. The number of carbonyl (C=O) groups is 1. The summed E-state index contributed by atoms with van der Waals surface area (Å²) in [6.45, 7) is 5.28. The number of halogens is 1. The Morgan fingerprint density at radius 1 is 1.32 bits per heavy atom. The highest BCUT2D eigenvalue weighted by Crippen LogP contribution is 2.26. The van der Waals surface area contributed by atoms with Gasteiger partial charge in [0.2, 0.25) is 0 Å². The molecule has 3 nitrogen and oxygen atoms in total. The summed E-state index contributed by atoms with van der Waals surface area (Å²) in [6.07, 6.45) is 1.51. The zero-order chi connectivity index (χ0) is 14.3. The third-order valence-electron chi connectivity index (χ3n) is 2.75. The molecule has 0 atom stereocenters. The molecule has 0 bridgehead atoms.